The first kappa shape index (κ1) is 17.4. The Morgan fingerprint density at radius 2 is 2.10 bits per heavy atom. The van der Waals surface area contributed by atoms with Crippen molar-refractivity contribution in [1.82, 2.24) is 10.0 Å². The Kier molecular flexibility index (Phi) is 6.94. The van der Waals surface area contributed by atoms with E-state index in [1.165, 1.54) is 12.1 Å². The van der Waals surface area contributed by atoms with Crippen molar-refractivity contribution in [2.24, 2.45) is 0 Å². The fraction of sp³-hybridized carbons (Fsp3) is 0.538. The Bertz CT molecular complexity index is 535. The molecule has 7 heteroatoms. The summed E-state index contributed by atoms with van der Waals surface area (Å²) in [5.41, 5.74) is 0.567. The molecule has 0 bridgehead atoms. The second-order valence-electron chi connectivity index (χ2n) is 4.51. The molecule has 0 aliphatic heterocycles. The summed E-state index contributed by atoms with van der Waals surface area (Å²) >= 11 is 1.55. The van der Waals surface area contributed by atoms with Gasteiger partial charge in [-0.3, -0.25) is 0 Å². The summed E-state index contributed by atoms with van der Waals surface area (Å²) in [4.78, 5) is 0.00593. The van der Waals surface area contributed by atoms with Gasteiger partial charge in [-0.25, -0.2) is 17.5 Å². The third kappa shape index (κ3) is 5.05. The Labute approximate surface area is 124 Å². The summed E-state index contributed by atoms with van der Waals surface area (Å²) in [7, 11) is -3.71. The van der Waals surface area contributed by atoms with E-state index in [1.54, 1.807) is 18.7 Å². The first-order valence-electron chi connectivity index (χ1n) is 6.41. The Hall–Kier alpha value is -0.630. The molecule has 0 aromatic heterocycles. The van der Waals surface area contributed by atoms with E-state index in [9.17, 15) is 12.8 Å². The topological polar surface area (TPSA) is 58.2 Å². The van der Waals surface area contributed by atoms with Gasteiger partial charge in [-0.15, -0.1) is 0 Å². The zero-order valence-corrected chi connectivity index (χ0v) is 13.6. The quantitative estimate of drug-likeness (QED) is 0.769. The minimum Gasteiger partial charge on any atom is -0.313 e. The normalized spacial score (nSPS) is 13.4. The molecule has 1 atom stereocenters. The van der Waals surface area contributed by atoms with Gasteiger partial charge in [0.25, 0.3) is 0 Å². The van der Waals surface area contributed by atoms with E-state index >= 15 is 0 Å². The number of halogens is 1. The van der Waals surface area contributed by atoms with Gasteiger partial charge in [0.1, 0.15) is 5.82 Å². The summed E-state index contributed by atoms with van der Waals surface area (Å²) in [6, 6.07) is 3.65. The predicted octanol–water partition coefficient (Wildman–Crippen LogP) is 1.97. The fourth-order valence-corrected chi connectivity index (χ4v) is 3.98. The molecule has 0 heterocycles. The van der Waals surface area contributed by atoms with E-state index in [0.29, 0.717) is 24.4 Å². The zero-order valence-electron chi connectivity index (χ0n) is 11.9. The largest absolute Gasteiger partial charge is 0.313 e. The van der Waals surface area contributed by atoms with Crippen molar-refractivity contribution in [2.45, 2.75) is 31.3 Å². The molecular weight excluding hydrogens is 299 g/mol. The van der Waals surface area contributed by atoms with Crippen LogP contribution in [0.15, 0.2) is 23.1 Å². The van der Waals surface area contributed by atoms with Crippen molar-refractivity contribution in [3.63, 3.8) is 0 Å². The molecule has 0 saturated carbocycles. The van der Waals surface area contributed by atoms with E-state index in [4.69, 9.17) is 0 Å². The van der Waals surface area contributed by atoms with Gasteiger partial charge >= 0.3 is 0 Å². The van der Waals surface area contributed by atoms with Crippen LogP contribution in [-0.2, 0) is 16.6 Å². The molecular formula is C13H21FN2O2S2. The van der Waals surface area contributed by atoms with E-state index in [0.717, 1.165) is 6.07 Å². The van der Waals surface area contributed by atoms with Crippen molar-refractivity contribution in [3.8, 4) is 0 Å². The average molecular weight is 320 g/mol. The molecule has 20 heavy (non-hydrogen) atoms. The Balaban J connectivity index is 3.05. The SMILES string of the molecule is CCNCc1ccc(F)cc1S(=O)(=O)NC(C)CSC. The van der Waals surface area contributed by atoms with Gasteiger partial charge in [-0.05, 0) is 37.4 Å². The predicted molar refractivity (Wildman–Crippen MR) is 81.9 cm³/mol. The number of benzene rings is 1. The second kappa shape index (κ2) is 7.97. The number of rotatable bonds is 8. The van der Waals surface area contributed by atoms with Crippen LogP contribution in [-0.4, -0.2) is 33.0 Å². The van der Waals surface area contributed by atoms with Gasteiger partial charge < -0.3 is 5.32 Å². The highest BCUT2D eigenvalue weighted by Crippen LogP contribution is 2.18. The maximum atomic E-state index is 13.4. The van der Waals surface area contributed by atoms with E-state index in [1.807, 2.05) is 13.2 Å². The van der Waals surface area contributed by atoms with Crippen LogP contribution in [0.2, 0.25) is 0 Å². The summed E-state index contributed by atoms with van der Waals surface area (Å²) in [6.07, 6.45) is 1.91. The molecule has 0 radical (unpaired) electrons. The highest BCUT2D eigenvalue weighted by Gasteiger charge is 2.21. The molecule has 1 aromatic rings. The van der Waals surface area contributed by atoms with Crippen LogP contribution in [0.3, 0.4) is 0 Å². The lowest BCUT2D eigenvalue weighted by atomic mass is 10.2. The lowest BCUT2D eigenvalue weighted by Crippen LogP contribution is -2.35. The molecule has 0 aliphatic rings. The average Bonchev–Trinajstić information content (AvgIpc) is 2.37. The summed E-state index contributed by atoms with van der Waals surface area (Å²) in [6.45, 7) is 4.82. The van der Waals surface area contributed by atoms with Gasteiger partial charge in [0.15, 0.2) is 0 Å². The number of sulfonamides is 1. The molecule has 114 valence electrons. The lowest BCUT2D eigenvalue weighted by molar-refractivity contribution is 0.564. The number of nitrogens with one attached hydrogen (secondary N) is 2. The standard InChI is InChI=1S/C13H21FN2O2S2/c1-4-15-8-11-5-6-12(14)7-13(11)20(17,18)16-10(2)9-19-3/h5-7,10,15-16H,4,8-9H2,1-3H3. The zero-order chi connectivity index (χ0) is 15.2. The molecule has 0 fully saturated rings. The van der Waals surface area contributed by atoms with Gasteiger partial charge in [0.05, 0.1) is 4.90 Å². The Morgan fingerprint density at radius 1 is 1.40 bits per heavy atom. The van der Waals surface area contributed by atoms with Crippen LogP contribution in [0.25, 0.3) is 0 Å². The van der Waals surface area contributed by atoms with Gasteiger partial charge in [0.2, 0.25) is 10.0 Å². The molecule has 1 unspecified atom stereocenters. The molecule has 2 N–H and O–H groups in total. The van der Waals surface area contributed by atoms with Crippen LogP contribution in [0.1, 0.15) is 19.4 Å². The van der Waals surface area contributed by atoms with Crippen molar-refractivity contribution >= 4 is 21.8 Å². The van der Waals surface area contributed by atoms with Crippen LogP contribution in [0.4, 0.5) is 4.39 Å². The third-order valence-corrected chi connectivity index (χ3v) is 5.16. The van der Waals surface area contributed by atoms with Crippen LogP contribution < -0.4 is 10.0 Å². The highest BCUT2D eigenvalue weighted by atomic mass is 32.2. The lowest BCUT2D eigenvalue weighted by Gasteiger charge is -2.16. The van der Waals surface area contributed by atoms with Gasteiger partial charge in [0, 0.05) is 18.3 Å². The molecule has 1 rings (SSSR count). The number of thioether (sulfide) groups is 1. The van der Waals surface area contributed by atoms with E-state index < -0.39 is 15.8 Å². The summed E-state index contributed by atoms with van der Waals surface area (Å²) in [5.74, 6) is 0.111. The molecule has 0 aliphatic carbocycles. The maximum absolute atomic E-state index is 13.4. The molecule has 1 aromatic carbocycles. The van der Waals surface area contributed by atoms with Crippen LogP contribution >= 0.6 is 11.8 Å². The monoisotopic (exact) mass is 320 g/mol. The van der Waals surface area contributed by atoms with Crippen molar-refractivity contribution in [2.75, 3.05) is 18.6 Å². The van der Waals surface area contributed by atoms with Crippen molar-refractivity contribution in [3.05, 3.63) is 29.6 Å². The van der Waals surface area contributed by atoms with Crippen LogP contribution in [0.5, 0.6) is 0 Å². The molecule has 0 saturated heterocycles. The Morgan fingerprint density at radius 3 is 2.70 bits per heavy atom. The fourth-order valence-electron chi connectivity index (χ4n) is 1.80. The first-order valence-corrected chi connectivity index (χ1v) is 9.28. The highest BCUT2D eigenvalue weighted by molar-refractivity contribution is 7.98. The van der Waals surface area contributed by atoms with Gasteiger partial charge in [-0.2, -0.15) is 11.8 Å². The minimum atomic E-state index is -3.71. The second-order valence-corrected chi connectivity index (χ2v) is 7.10. The number of hydrogen-bond acceptors (Lipinski definition) is 4. The van der Waals surface area contributed by atoms with E-state index in [2.05, 4.69) is 10.0 Å². The third-order valence-electron chi connectivity index (χ3n) is 2.66. The van der Waals surface area contributed by atoms with E-state index in [-0.39, 0.29) is 10.9 Å². The summed E-state index contributed by atoms with van der Waals surface area (Å²) in [5, 5.41) is 3.06. The van der Waals surface area contributed by atoms with Crippen molar-refractivity contribution in [1.29, 1.82) is 0 Å². The molecule has 0 amide bonds. The first-order chi connectivity index (χ1) is 9.40. The minimum absolute atomic E-state index is 0.00593. The molecule has 4 nitrogen and oxygen atoms in total. The van der Waals surface area contributed by atoms with Crippen LogP contribution in [0, 0.1) is 5.82 Å². The maximum Gasteiger partial charge on any atom is 0.241 e. The van der Waals surface area contributed by atoms with Crippen molar-refractivity contribution < 1.29 is 12.8 Å². The molecule has 0 spiro atoms. The smallest absolute Gasteiger partial charge is 0.241 e. The summed E-state index contributed by atoms with van der Waals surface area (Å²) < 4.78 is 40.6. The number of hydrogen-bond donors (Lipinski definition) is 2. The van der Waals surface area contributed by atoms with Gasteiger partial charge in [-0.1, -0.05) is 13.0 Å².